The summed E-state index contributed by atoms with van der Waals surface area (Å²) < 4.78 is 24.2. The molecule has 0 saturated carbocycles. The molecule has 1 amide bonds. The predicted octanol–water partition coefficient (Wildman–Crippen LogP) is 5.31. The first kappa shape index (κ1) is 18.4. The number of amides is 1. The topological polar surface area (TPSA) is 64.4 Å². The van der Waals surface area contributed by atoms with E-state index in [-0.39, 0.29) is 17.3 Å². The van der Waals surface area contributed by atoms with Gasteiger partial charge in [-0.3, -0.25) is 4.79 Å². The Hall–Kier alpha value is -3.93. The maximum atomic E-state index is 13.1. The number of nitrogens with one attached hydrogen (secondary N) is 1. The molecule has 4 rings (SSSR count). The maximum absolute atomic E-state index is 13.1. The Bertz CT molecular complexity index is 1090. The number of ether oxygens (including phenoxy) is 1. The largest absolute Gasteiger partial charge is 0.489 e. The zero-order valence-electron chi connectivity index (χ0n) is 15.3. The highest BCUT2D eigenvalue weighted by Crippen LogP contribution is 2.24. The van der Waals surface area contributed by atoms with Gasteiger partial charge in [0.25, 0.3) is 5.91 Å². The van der Waals surface area contributed by atoms with Crippen molar-refractivity contribution in [3.8, 4) is 17.1 Å². The van der Waals surface area contributed by atoms with Crippen LogP contribution in [0.2, 0.25) is 0 Å². The third kappa shape index (κ3) is 4.50. The fourth-order valence-electron chi connectivity index (χ4n) is 2.78. The highest BCUT2D eigenvalue weighted by Gasteiger charge is 2.18. The van der Waals surface area contributed by atoms with Crippen LogP contribution in [0, 0.1) is 5.82 Å². The summed E-state index contributed by atoms with van der Waals surface area (Å²) in [6.07, 6.45) is 1.19. The average molecular weight is 388 g/mol. The molecule has 1 N–H and O–H groups in total. The lowest BCUT2D eigenvalue weighted by atomic mass is 10.1. The van der Waals surface area contributed by atoms with Gasteiger partial charge in [0.05, 0.1) is 0 Å². The number of aromatic nitrogens is 1. The Balaban J connectivity index is 1.41. The molecular formula is C23H17FN2O3. The van der Waals surface area contributed by atoms with Crippen LogP contribution in [0.1, 0.15) is 16.1 Å². The smallest absolute Gasteiger partial charge is 0.278 e. The normalized spacial score (nSPS) is 10.5. The number of halogens is 1. The van der Waals surface area contributed by atoms with E-state index >= 15 is 0 Å². The molecule has 1 heterocycles. The van der Waals surface area contributed by atoms with Gasteiger partial charge in [0.15, 0.2) is 17.8 Å². The lowest BCUT2D eigenvalue weighted by Crippen LogP contribution is -2.13. The molecule has 0 saturated heterocycles. The second-order valence-electron chi connectivity index (χ2n) is 6.29. The molecule has 0 aliphatic heterocycles. The fraction of sp³-hybridized carbons (Fsp3) is 0.0435. The van der Waals surface area contributed by atoms with Gasteiger partial charge in [-0.25, -0.2) is 9.37 Å². The summed E-state index contributed by atoms with van der Waals surface area (Å²) in [5.41, 5.74) is 2.36. The molecule has 0 unspecified atom stereocenters. The van der Waals surface area contributed by atoms with E-state index in [9.17, 15) is 9.18 Å². The summed E-state index contributed by atoms with van der Waals surface area (Å²) in [4.78, 5) is 16.6. The highest BCUT2D eigenvalue weighted by molar-refractivity contribution is 6.06. The van der Waals surface area contributed by atoms with Crippen molar-refractivity contribution in [3.63, 3.8) is 0 Å². The molecule has 3 aromatic carbocycles. The predicted molar refractivity (Wildman–Crippen MR) is 107 cm³/mol. The lowest BCUT2D eigenvalue weighted by molar-refractivity contribution is 0.102. The number of carbonyl (C=O) groups excluding carboxylic acids is 1. The van der Waals surface area contributed by atoms with Gasteiger partial charge in [0, 0.05) is 11.3 Å². The van der Waals surface area contributed by atoms with Gasteiger partial charge < -0.3 is 14.5 Å². The second-order valence-corrected chi connectivity index (χ2v) is 6.29. The molecule has 0 aliphatic carbocycles. The summed E-state index contributed by atoms with van der Waals surface area (Å²) in [6, 6.07) is 22.6. The summed E-state index contributed by atoms with van der Waals surface area (Å²) in [6.45, 7) is 0.465. The number of nitrogens with zero attached hydrogens (tertiary/aromatic N) is 1. The van der Waals surface area contributed by atoms with E-state index in [1.54, 1.807) is 24.3 Å². The summed E-state index contributed by atoms with van der Waals surface area (Å²) in [5, 5.41) is 2.78. The van der Waals surface area contributed by atoms with E-state index in [1.807, 2.05) is 30.3 Å². The highest BCUT2D eigenvalue weighted by atomic mass is 19.1. The minimum atomic E-state index is -0.420. The molecule has 5 nitrogen and oxygen atoms in total. The fourth-order valence-corrected chi connectivity index (χ4v) is 2.78. The molecule has 0 fully saturated rings. The van der Waals surface area contributed by atoms with Crippen LogP contribution in [-0.2, 0) is 6.61 Å². The van der Waals surface area contributed by atoms with E-state index < -0.39 is 5.91 Å². The van der Waals surface area contributed by atoms with E-state index in [0.29, 0.717) is 23.6 Å². The Labute approximate surface area is 166 Å². The summed E-state index contributed by atoms with van der Waals surface area (Å²) in [7, 11) is 0. The molecule has 0 aliphatic rings. The van der Waals surface area contributed by atoms with Gasteiger partial charge in [0.1, 0.15) is 18.2 Å². The van der Waals surface area contributed by atoms with Crippen molar-refractivity contribution in [2.75, 3.05) is 5.32 Å². The summed E-state index contributed by atoms with van der Waals surface area (Å²) >= 11 is 0. The molecule has 0 bridgehead atoms. The van der Waals surface area contributed by atoms with Crippen molar-refractivity contribution < 1.29 is 18.3 Å². The Morgan fingerprint density at radius 1 is 0.966 bits per heavy atom. The standard InChI is InChI=1S/C23H17FN2O3/c24-18-8-6-17(7-9-18)22-21(25-15-29-22)23(27)26-19-10-12-20(13-11-19)28-14-16-4-2-1-3-5-16/h1-13,15H,14H2,(H,26,27). The van der Waals surface area contributed by atoms with Gasteiger partial charge in [0.2, 0.25) is 0 Å². The van der Waals surface area contributed by atoms with Gasteiger partial charge in [-0.05, 0) is 54.1 Å². The van der Waals surface area contributed by atoms with E-state index in [2.05, 4.69) is 10.3 Å². The summed E-state index contributed by atoms with van der Waals surface area (Å²) in [5.74, 6) is 0.190. The Morgan fingerprint density at radius 3 is 2.41 bits per heavy atom. The molecule has 1 aromatic heterocycles. The molecule has 0 atom stereocenters. The number of anilines is 1. The van der Waals surface area contributed by atoms with Crippen molar-refractivity contribution in [2.45, 2.75) is 6.61 Å². The van der Waals surface area contributed by atoms with Crippen LogP contribution in [0.3, 0.4) is 0 Å². The van der Waals surface area contributed by atoms with Crippen LogP contribution in [0.4, 0.5) is 10.1 Å². The number of hydrogen-bond acceptors (Lipinski definition) is 4. The lowest BCUT2D eigenvalue weighted by Gasteiger charge is -2.08. The molecular weight excluding hydrogens is 371 g/mol. The third-order valence-electron chi connectivity index (χ3n) is 4.25. The zero-order valence-corrected chi connectivity index (χ0v) is 15.3. The average Bonchev–Trinajstić information content (AvgIpc) is 3.25. The SMILES string of the molecule is O=C(Nc1ccc(OCc2ccccc2)cc1)c1ncoc1-c1ccc(F)cc1. The van der Waals surface area contributed by atoms with E-state index in [4.69, 9.17) is 9.15 Å². The molecule has 4 aromatic rings. The van der Waals surface area contributed by atoms with Crippen LogP contribution >= 0.6 is 0 Å². The molecule has 29 heavy (non-hydrogen) atoms. The van der Waals surface area contributed by atoms with Crippen LogP contribution in [0.15, 0.2) is 89.7 Å². The quantitative estimate of drug-likeness (QED) is 0.486. The minimum absolute atomic E-state index is 0.126. The van der Waals surface area contributed by atoms with Crippen LogP contribution in [-0.4, -0.2) is 10.9 Å². The van der Waals surface area contributed by atoms with Crippen molar-refractivity contribution in [1.29, 1.82) is 0 Å². The van der Waals surface area contributed by atoms with E-state index in [0.717, 1.165) is 5.56 Å². The second kappa shape index (κ2) is 8.39. The van der Waals surface area contributed by atoms with Crippen LogP contribution < -0.4 is 10.1 Å². The third-order valence-corrected chi connectivity index (χ3v) is 4.25. The van der Waals surface area contributed by atoms with E-state index in [1.165, 1.54) is 30.7 Å². The number of carbonyl (C=O) groups is 1. The van der Waals surface area contributed by atoms with Crippen LogP contribution in [0.25, 0.3) is 11.3 Å². The van der Waals surface area contributed by atoms with Crippen molar-refractivity contribution in [2.24, 2.45) is 0 Å². The van der Waals surface area contributed by atoms with Crippen molar-refractivity contribution in [1.82, 2.24) is 4.98 Å². The van der Waals surface area contributed by atoms with Gasteiger partial charge in [-0.2, -0.15) is 0 Å². The first-order chi connectivity index (χ1) is 14.2. The number of rotatable bonds is 6. The first-order valence-corrected chi connectivity index (χ1v) is 8.96. The van der Waals surface area contributed by atoms with Gasteiger partial charge in [-0.1, -0.05) is 30.3 Å². The number of oxazole rings is 1. The zero-order chi connectivity index (χ0) is 20.1. The van der Waals surface area contributed by atoms with Gasteiger partial charge >= 0.3 is 0 Å². The van der Waals surface area contributed by atoms with Crippen LogP contribution in [0.5, 0.6) is 5.75 Å². The first-order valence-electron chi connectivity index (χ1n) is 8.96. The monoisotopic (exact) mass is 388 g/mol. The number of hydrogen-bond donors (Lipinski definition) is 1. The molecule has 6 heteroatoms. The Morgan fingerprint density at radius 2 is 1.69 bits per heavy atom. The molecule has 144 valence electrons. The minimum Gasteiger partial charge on any atom is -0.489 e. The molecule has 0 spiro atoms. The van der Waals surface area contributed by atoms with Gasteiger partial charge in [-0.15, -0.1) is 0 Å². The van der Waals surface area contributed by atoms with Crippen molar-refractivity contribution >= 4 is 11.6 Å². The maximum Gasteiger partial charge on any atom is 0.278 e. The number of benzene rings is 3. The Kier molecular flexibility index (Phi) is 5.33. The van der Waals surface area contributed by atoms with Crippen molar-refractivity contribution in [3.05, 3.63) is 102 Å². The molecule has 0 radical (unpaired) electrons.